The molecule has 0 aromatic carbocycles. The van der Waals surface area contributed by atoms with Crippen molar-refractivity contribution in [3.05, 3.63) is 0 Å². The maximum Gasteiger partial charge on any atom is 0 e. The van der Waals surface area contributed by atoms with Crippen molar-refractivity contribution in [2.24, 2.45) is 0 Å². The first kappa shape index (κ1) is 27.9. The van der Waals surface area contributed by atoms with Gasteiger partial charge in [-0.3, -0.25) is 6.79 Å². The third-order valence-electron chi connectivity index (χ3n) is 0. The zero-order valence-electron chi connectivity index (χ0n) is 1.80. The summed E-state index contributed by atoms with van der Waals surface area (Å²) in [6.07, 6.45) is 0. The van der Waals surface area contributed by atoms with E-state index >= 15 is 0 Å². The molecule has 0 bridgehead atoms. The van der Waals surface area contributed by atoms with Crippen LogP contribution < -0.4 is 0 Å². The van der Waals surface area contributed by atoms with Gasteiger partial charge in [-0.25, -0.2) is 0 Å². The van der Waals surface area contributed by atoms with E-state index in [1.165, 1.54) is 0 Å². The van der Waals surface area contributed by atoms with E-state index in [4.69, 9.17) is 4.79 Å². The van der Waals surface area contributed by atoms with Gasteiger partial charge in [0.15, 0.2) is 0 Å². The van der Waals surface area contributed by atoms with Crippen LogP contribution in [0.2, 0.25) is 0 Å². The molecule has 0 unspecified atom stereocenters. The van der Waals surface area contributed by atoms with Crippen LogP contribution in [-0.2, 0) is 25.2 Å². The summed E-state index contributed by atoms with van der Waals surface area (Å²) in [4.78, 5) is 7.75. The fourth-order valence-electron chi connectivity index (χ4n) is 0. The van der Waals surface area contributed by atoms with Crippen molar-refractivity contribution in [3.63, 3.8) is 0 Å². The second-order valence-electron chi connectivity index (χ2n) is 0. The maximum absolute atomic E-state index is 7.75. The summed E-state index contributed by atoms with van der Waals surface area (Å²) in [7, 11) is 0. The van der Waals surface area contributed by atoms with Crippen LogP contribution >= 0.6 is 0 Å². The van der Waals surface area contributed by atoms with Crippen LogP contribution in [0.4, 0.5) is 0 Å². The summed E-state index contributed by atoms with van der Waals surface area (Å²) in [5, 5.41) is 0. The van der Waals surface area contributed by atoms with Crippen LogP contribution in [0.3, 0.4) is 0 Å². The van der Waals surface area contributed by atoms with Crippen LogP contribution in [0.15, 0.2) is 0 Å². The summed E-state index contributed by atoms with van der Waals surface area (Å²) in [5.41, 5.74) is 0. The standard InChI is InChI=1S/CHO.H2O.Pd/c1-2;;/h1H;1H2;/q-1;;. The Hall–Kier alpha value is 0.292. The number of rotatable bonds is 0. The number of hydrogen-bond donors (Lipinski definition) is 0. The van der Waals surface area contributed by atoms with Gasteiger partial charge >= 0.3 is 0 Å². The van der Waals surface area contributed by atoms with Crippen molar-refractivity contribution in [1.82, 2.24) is 0 Å². The molecule has 0 aliphatic heterocycles. The Labute approximate surface area is 38.2 Å². The predicted molar refractivity (Wildman–Crippen MR) is 10.4 cm³/mol. The summed E-state index contributed by atoms with van der Waals surface area (Å²) < 4.78 is 0. The van der Waals surface area contributed by atoms with Crippen LogP contribution in [0.25, 0.3) is 0 Å². The molecule has 0 aliphatic carbocycles. The summed E-state index contributed by atoms with van der Waals surface area (Å²) >= 11 is 0. The van der Waals surface area contributed by atoms with Crippen molar-refractivity contribution < 1.29 is 30.7 Å². The molecule has 2 N–H and O–H groups in total. The van der Waals surface area contributed by atoms with E-state index in [9.17, 15) is 0 Å². The van der Waals surface area contributed by atoms with Gasteiger partial charge in [-0.05, 0) is 0 Å². The third-order valence-corrected chi connectivity index (χ3v) is 0. The van der Waals surface area contributed by atoms with Gasteiger partial charge in [-0.2, -0.15) is 0 Å². The summed E-state index contributed by atoms with van der Waals surface area (Å²) in [6, 6.07) is 0. The molecule has 0 heterocycles. The van der Waals surface area contributed by atoms with E-state index in [0.717, 1.165) is 0 Å². The molecule has 0 radical (unpaired) electrons. The average molecular weight is 153 g/mol. The fourth-order valence-corrected chi connectivity index (χ4v) is 0. The molecule has 30 valence electrons. The van der Waals surface area contributed by atoms with Gasteiger partial charge in [0.1, 0.15) is 0 Å². The first-order valence-electron chi connectivity index (χ1n) is 0.236. The maximum atomic E-state index is 7.75. The molecule has 0 spiro atoms. The van der Waals surface area contributed by atoms with Crippen LogP contribution in [0, 0.1) is 0 Å². The Morgan fingerprint density at radius 2 is 1.25 bits per heavy atom. The Kier molecular flexibility index (Phi) is 1410. The van der Waals surface area contributed by atoms with Crippen molar-refractivity contribution in [2.45, 2.75) is 0 Å². The second-order valence-corrected chi connectivity index (χ2v) is 0. The molecule has 0 fully saturated rings. The minimum Gasteiger partial charge on any atom is -0.545 e. The molecule has 0 aromatic heterocycles. The molecule has 0 rings (SSSR count). The van der Waals surface area contributed by atoms with Gasteiger partial charge < -0.3 is 10.3 Å². The van der Waals surface area contributed by atoms with Crippen LogP contribution in [0.1, 0.15) is 0 Å². The van der Waals surface area contributed by atoms with Gasteiger partial charge in [0.25, 0.3) is 0 Å². The number of carbonyl (C=O) groups excluding carboxylic acids is 1. The quantitative estimate of drug-likeness (QED) is 0.248. The normalized spacial score (nSPS) is 1.00. The van der Waals surface area contributed by atoms with Crippen LogP contribution in [-0.4, -0.2) is 12.3 Å². The largest absolute Gasteiger partial charge is 0.545 e. The van der Waals surface area contributed by atoms with Crippen LogP contribution in [0.5, 0.6) is 0 Å². The van der Waals surface area contributed by atoms with E-state index in [2.05, 4.69) is 6.79 Å². The summed E-state index contributed by atoms with van der Waals surface area (Å²) in [6.45, 7) is 3.25. The molecule has 0 aromatic rings. The van der Waals surface area contributed by atoms with E-state index < -0.39 is 0 Å². The average Bonchev–Trinajstić information content (AvgIpc) is 1.00. The summed E-state index contributed by atoms with van der Waals surface area (Å²) in [5.74, 6) is 0. The van der Waals surface area contributed by atoms with Gasteiger partial charge in [0, 0.05) is 20.4 Å². The minimum absolute atomic E-state index is 0. The van der Waals surface area contributed by atoms with Crippen molar-refractivity contribution in [2.75, 3.05) is 0 Å². The smallest absolute Gasteiger partial charge is 0 e. The predicted octanol–water partition coefficient (Wildman–Crippen LogP) is -1.10. The molecule has 0 aliphatic rings. The Balaban J connectivity index is -0.00000000500. The monoisotopic (exact) mass is 153 g/mol. The van der Waals surface area contributed by atoms with E-state index in [1.807, 2.05) is 0 Å². The molecule has 0 atom stereocenters. The molecule has 3 heteroatoms. The molecular weight excluding hydrogens is 150 g/mol. The van der Waals surface area contributed by atoms with Gasteiger partial charge in [0.2, 0.25) is 0 Å². The van der Waals surface area contributed by atoms with Gasteiger partial charge in [0.05, 0.1) is 0 Å². The Bertz CT molecular complexity index is 6.00. The van der Waals surface area contributed by atoms with E-state index in [1.54, 1.807) is 0 Å². The van der Waals surface area contributed by atoms with Crippen molar-refractivity contribution in [3.8, 4) is 0 Å². The Morgan fingerprint density at radius 1 is 1.25 bits per heavy atom. The number of hydrogen-bond acceptors (Lipinski definition) is 1. The zero-order valence-corrected chi connectivity index (χ0v) is 3.36. The molecular formula is CH3O2Pd-. The van der Waals surface area contributed by atoms with E-state index in [0.29, 0.717) is 0 Å². The fraction of sp³-hybridized carbons (Fsp3) is 0. The molecule has 2 nitrogen and oxygen atoms in total. The first-order chi connectivity index (χ1) is 1.00. The molecule has 0 amide bonds. The first-order valence-corrected chi connectivity index (χ1v) is 0.236. The van der Waals surface area contributed by atoms with Crippen molar-refractivity contribution >= 4 is 6.79 Å². The van der Waals surface area contributed by atoms with E-state index in [-0.39, 0.29) is 25.9 Å². The van der Waals surface area contributed by atoms with Crippen molar-refractivity contribution in [1.29, 1.82) is 0 Å². The third kappa shape index (κ3) is 44.8. The topological polar surface area (TPSA) is 48.6 Å². The Morgan fingerprint density at radius 3 is 1.25 bits per heavy atom. The molecule has 4 heavy (non-hydrogen) atoms. The minimum atomic E-state index is 0. The van der Waals surface area contributed by atoms with Gasteiger partial charge in [-0.1, -0.05) is 0 Å². The second kappa shape index (κ2) is 202. The van der Waals surface area contributed by atoms with Gasteiger partial charge in [-0.15, -0.1) is 0 Å². The molecule has 0 saturated heterocycles. The molecule has 0 saturated carbocycles. The SMILES string of the molecule is O.[CH-]=O.[Pd]. The zero-order chi connectivity index (χ0) is 2.00.